The van der Waals surface area contributed by atoms with Gasteiger partial charge in [0.15, 0.2) is 0 Å². The van der Waals surface area contributed by atoms with Crippen LogP contribution in [0.5, 0.6) is 0 Å². The highest BCUT2D eigenvalue weighted by molar-refractivity contribution is 7.97. The largest absolute Gasteiger partial charge is 0.481 e. The summed E-state index contributed by atoms with van der Waals surface area (Å²) >= 11 is 1.73. The molecule has 21 heavy (non-hydrogen) atoms. The molecule has 0 saturated carbocycles. The number of hydrogen-bond donors (Lipinski definition) is 2. The first-order chi connectivity index (χ1) is 10.0. The molecule has 0 bridgehead atoms. The highest BCUT2D eigenvalue weighted by Gasteiger charge is 2.08. The van der Waals surface area contributed by atoms with E-state index in [1.807, 2.05) is 37.4 Å². The third-order valence-electron chi connectivity index (χ3n) is 3.27. The van der Waals surface area contributed by atoms with Gasteiger partial charge in [0.1, 0.15) is 0 Å². The zero-order valence-electron chi connectivity index (χ0n) is 12.6. The number of amides is 1. The van der Waals surface area contributed by atoms with Crippen LogP contribution in [0.3, 0.4) is 0 Å². The smallest absolute Gasteiger partial charge is 0.303 e. The highest BCUT2D eigenvalue weighted by Crippen LogP contribution is 2.12. The molecular formula is C16H23NO3S. The Morgan fingerprint density at radius 1 is 1.33 bits per heavy atom. The van der Waals surface area contributed by atoms with Gasteiger partial charge in [0.25, 0.3) is 5.91 Å². The Bertz CT molecular complexity index is 476. The lowest BCUT2D eigenvalue weighted by Gasteiger charge is -2.11. The number of rotatable bonds is 9. The van der Waals surface area contributed by atoms with Crippen molar-refractivity contribution in [3.05, 3.63) is 35.4 Å². The van der Waals surface area contributed by atoms with E-state index in [0.29, 0.717) is 24.4 Å². The number of thioether (sulfide) groups is 1. The molecule has 0 spiro atoms. The van der Waals surface area contributed by atoms with Gasteiger partial charge in [-0.05, 0) is 42.7 Å². The summed E-state index contributed by atoms with van der Waals surface area (Å²) in [7, 11) is 0. The van der Waals surface area contributed by atoms with Crippen molar-refractivity contribution in [3.8, 4) is 0 Å². The lowest BCUT2D eigenvalue weighted by molar-refractivity contribution is -0.137. The van der Waals surface area contributed by atoms with Crippen LogP contribution >= 0.6 is 11.8 Å². The van der Waals surface area contributed by atoms with E-state index >= 15 is 0 Å². The fraction of sp³-hybridized carbons (Fsp3) is 0.500. The zero-order valence-corrected chi connectivity index (χ0v) is 13.4. The van der Waals surface area contributed by atoms with Gasteiger partial charge in [0.05, 0.1) is 0 Å². The Morgan fingerprint density at radius 2 is 2.10 bits per heavy atom. The van der Waals surface area contributed by atoms with E-state index in [9.17, 15) is 9.59 Å². The molecule has 0 saturated heterocycles. The molecule has 4 nitrogen and oxygen atoms in total. The van der Waals surface area contributed by atoms with Gasteiger partial charge in [0, 0.05) is 24.3 Å². The number of carboxylic acids is 1. The standard InChI is InChI=1S/C16H23NO3S/c1-12(6-7-15(18)19)8-9-17-16(20)14-5-3-4-13(10-14)11-21-2/h3-5,10,12H,6-9,11H2,1-2H3,(H,17,20)(H,18,19). The maximum atomic E-state index is 12.0. The van der Waals surface area contributed by atoms with Crippen LogP contribution < -0.4 is 5.32 Å². The lowest BCUT2D eigenvalue weighted by Crippen LogP contribution is -2.25. The van der Waals surface area contributed by atoms with Gasteiger partial charge in [0.2, 0.25) is 0 Å². The fourth-order valence-corrected chi connectivity index (χ4v) is 2.53. The molecule has 0 aliphatic heterocycles. The van der Waals surface area contributed by atoms with Crippen molar-refractivity contribution in [2.75, 3.05) is 12.8 Å². The van der Waals surface area contributed by atoms with Gasteiger partial charge in [-0.2, -0.15) is 11.8 Å². The zero-order chi connectivity index (χ0) is 15.7. The average Bonchev–Trinajstić information content (AvgIpc) is 2.45. The van der Waals surface area contributed by atoms with Gasteiger partial charge in [-0.3, -0.25) is 9.59 Å². The molecule has 0 aliphatic carbocycles. The van der Waals surface area contributed by atoms with E-state index in [2.05, 4.69) is 5.32 Å². The van der Waals surface area contributed by atoms with Crippen LogP contribution in [-0.2, 0) is 10.5 Å². The van der Waals surface area contributed by atoms with E-state index in [4.69, 9.17) is 5.11 Å². The summed E-state index contributed by atoms with van der Waals surface area (Å²) < 4.78 is 0. The van der Waals surface area contributed by atoms with Crippen molar-refractivity contribution < 1.29 is 14.7 Å². The van der Waals surface area contributed by atoms with Gasteiger partial charge in [-0.25, -0.2) is 0 Å². The van der Waals surface area contributed by atoms with Gasteiger partial charge in [-0.15, -0.1) is 0 Å². The predicted molar refractivity (Wildman–Crippen MR) is 86.6 cm³/mol. The maximum Gasteiger partial charge on any atom is 0.303 e. The third kappa shape index (κ3) is 7.18. The van der Waals surface area contributed by atoms with Gasteiger partial charge in [-0.1, -0.05) is 19.1 Å². The molecule has 116 valence electrons. The van der Waals surface area contributed by atoms with Crippen molar-refractivity contribution >= 4 is 23.6 Å². The summed E-state index contributed by atoms with van der Waals surface area (Å²) in [5.74, 6) is 0.358. The second-order valence-electron chi connectivity index (χ2n) is 5.22. The molecule has 1 unspecified atom stereocenters. The Hall–Kier alpha value is -1.49. The van der Waals surface area contributed by atoms with E-state index in [-0.39, 0.29) is 12.3 Å². The normalized spacial score (nSPS) is 11.9. The Labute approximate surface area is 130 Å². The van der Waals surface area contributed by atoms with Crippen LogP contribution in [0.2, 0.25) is 0 Å². The molecule has 1 aromatic carbocycles. The SMILES string of the molecule is CSCc1cccc(C(=O)NCCC(C)CCC(=O)O)c1. The minimum atomic E-state index is -0.767. The minimum Gasteiger partial charge on any atom is -0.481 e. The van der Waals surface area contributed by atoms with Crippen LogP contribution in [0.1, 0.15) is 42.1 Å². The molecule has 1 amide bonds. The highest BCUT2D eigenvalue weighted by atomic mass is 32.2. The summed E-state index contributed by atoms with van der Waals surface area (Å²) in [5.41, 5.74) is 1.82. The molecule has 1 rings (SSSR count). The summed E-state index contributed by atoms with van der Waals surface area (Å²) in [5, 5.41) is 11.5. The first-order valence-electron chi connectivity index (χ1n) is 7.10. The molecule has 2 N–H and O–H groups in total. The van der Waals surface area contributed by atoms with Crippen molar-refractivity contribution in [3.63, 3.8) is 0 Å². The van der Waals surface area contributed by atoms with E-state index in [1.165, 1.54) is 0 Å². The molecule has 0 heterocycles. The first kappa shape index (κ1) is 17.6. The Kier molecular flexibility index (Phi) is 7.90. The minimum absolute atomic E-state index is 0.0663. The van der Waals surface area contributed by atoms with Gasteiger partial charge < -0.3 is 10.4 Å². The number of carboxylic acid groups (broad SMARTS) is 1. The van der Waals surface area contributed by atoms with Crippen molar-refractivity contribution in [2.24, 2.45) is 5.92 Å². The number of aliphatic carboxylic acids is 1. The lowest BCUT2D eigenvalue weighted by atomic mass is 10.0. The second kappa shape index (κ2) is 9.45. The molecule has 1 aromatic rings. The van der Waals surface area contributed by atoms with Gasteiger partial charge >= 0.3 is 5.97 Å². The predicted octanol–water partition coefficient (Wildman–Crippen LogP) is 3.17. The molecule has 0 aromatic heterocycles. The summed E-state index contributed by atoms with van der Waals surface area (Å²) in [6, 6.07) is 7.64. The average molecular weight is 309 g/mol. The maximum absolute atomic E-state index is 12.0. The topological polar surface area (TPSA) is 66.4 Å². The summed E-state index contributed by atoms with van der Waals surface area (Å²) in [4.78, 5) is 22.5. The van der Waals surface area contributed by atoms with Crippen molar-refractivity contribution in [1.29, 1.82) is 0 Å². The fourth-order valence-electron chi connectivity index (χ4n) is 2.02. The van der Waals surface area contributed by atoms with Crippen LogP contribution in [0.25, 0.3) is 0 Å². The summed E-state index contributed by atoms with van der Waals surface area (Å²) in [6.45, 7) is 2.58. The molecule has 0 fully saturated rings. The molecule has 1 atom stereocenters. The Balaban J connectivity index is 2.36. The van der Waals surface area contributed by atoms with Crippen LogP contribution in [0.15, 0.2) is 24.3 Å². The number of hydrogen-bond acceptors (Lipinski definition) is 3. The van der Waals surface area contributed by atoms with Crippen LogP contribution in [0.4, 0.5) is 0 Å². The molecule has 0 radical (unpaired) electrons. The number of carbonyl (C=O) groups is 2. The second-order valence-corrected chi connectivity index (χ2v) is 6.08. The summed E-state index contributed by atoms with van der Waals surface area (Å²) in [6.07, 6.45) is 3.66. The van der Waals surface area contributed by atoms with Crippen LogP contribution in [0, 0.1) is 5.92 Å². The molecule has 0 aliphatic rings. The number of nitrogens with one attached hydrogen (secondary N) is 1. The van der Waals surface area contributed by atoms with Crippen molar-refractivity contribution in [1.82, 2.24) is 5.32 Å². The van der Waals surface area contributed by atoms with E-state index < -0.39 is 5.97 Å². The molecular weight excluding hydrogens is 286 g/mol. The van der Waals surface area contributed by atoms with E-state index in [0.717, 1.165) is 17.7 Å². The monoisotopic (exact) mass is 309 g/mol. The Morgan fingerprint density at radius 3 is 2.76 bits per heavy atom. The molecule has 5 heteroatoms. The quantitative estimate of drug-likeness (QED) is 0.735. The van der Waals surface area contributed by atoms with E-state index in [1.54, 1.807) is 11.8 Å². The number of carbonyl (C=O) groups excluding carboxylic acids is 1. The van der Waals surface area contributed by atoms with Crippen molar-refractivity contribution in [2.45, 2.75) is 31.9 Å². The first-order valence-corrected chi connectivity index (χ1v) is 8.50. The third-order valence-corrected chi connectivity index (χ3v) is 3.90. The number of benzene rings is 1. The van der Waals surface area contributed by atoms with Crippen LogP contribution in [-0.4, -0.2) is 29.8 Å².